The molecule has 10 heteroatoms. The topological polar surface area (TPSA) is 108 Å². The average molecular weight is 895 g/mol. The summed E-state index contributed by atoms with van der Waals surface area (Å²) >= 11 is 0. The average Bonchev–Trinajstić information content (AvgIpc) is 3.23. The number of rotatable bonds is 46. The zero-order valence-electron chi connectivity index (χ0n) is 40.9. The van der Waals surface area contributed by atoms with Crippen LogP contribution in [-0.2, 0) is 32.7 Å². The van der Waals surface area contributed by atoms with Crippen molar-refractivity contribution in [3.8, 4) is 0 Å². The van der Waals surface area contributed by atoms with Crippen molar-refractivity contribution in [2.75, 3.05) is 47.5 Å². The summed E-state index contributed by atoms with van der Waals surface area (Å²) < 4.78 is 34.4. The zero-order valence-corrected chi connectivity index (χ0v) is 41.7. The van der Waals surface area contributed by atoms with Crippen LogP contribution in [0.2, 0.25) is 0 Å². The van der Waals surface area contributed by atoms with Crippen molar-refractivity contribution in [1.82, 2.24) is 0 Å². The third-order valence-electron chi connectivity index (χ3n) is 10.8. The highest BCUT2D eigenvalue weighted by atomic mass is 31.2. The summed E-state index contributed by atoms with van der Waals surface area (Å²) in [6.07, 6.45) is 53.0. The van der Waals surface area contributed by atoms with Gasteiger partial charge in [-0.1, -0.05) is 178 Å². The molecule has 0 aromatic heterocycles. The van der Waals surface area contributed by atoms with Gasteiger partial charge in [0, 0.05) is 12.8 Å². The van der Waals surface area contributed by atoms with Crippen molar-refractivity contribution < 1.29 is 42.1 Å². The largest absolute Gasteiger partial charge is 0.472 e. The maximum absolute atomic E-state index is 12.8. The van der Waals surface area contributed by atoms with E-state index in [4.69, 9.17) is 18.5 Å². The van der Waals surface area contributed by atoms with E-state index < -0.39 is 26.5 Å². The van der Waals surface area contributed by atoms with E-state index in [0.717, 1.165) is 57.8 Å². The van der Waals surface area contributed by atoms with Gasteiger partial charge in [0.15, 0.2) is 6.10 Å². The molecule has 0 aromatic rings. The lowest BCUT2D eigenvalue weighted by Crippen LogP contribution is -2.37. The molecular formula is C52H97NO8P+. The number of nitrogens with zero attached hydrogens (tertiary/aromatic N) is 1. The summed E-state index contributed by atoms with van der Waals surface area (Å²) in [5.74, 6) is -0.821. The smallest absolute Gasteiger partial charge is 0.462 e. The minimum Gasteiger partial charge on any atom is -0.462 e. The monoisotopic (exact) mass is 895 g/mol. The van der Waals surface area contributed by atoms with E-state index in [-0.39, 0.29) is 32.0 Å². The van der Waals surface area contributed by atoms with Crippen LogP contribution < -0.4 is 0 Å². The first-order valence-corrected chi connectivity index (χ1v) is 26.9. The third kappa shape index (κ3) is 47.4. The van der Waals surface area contributed by atoms with Crippen molar-refractivity contribution in [2.45, 2.75) is 225 Å². The molecule has 1 N–H and O–H groups in total. The number of ether oxygens (including phenoxy) is 2. The standard InChI is InChI=1S/C52H96NO8P/c1-6-8-10-12-14-16-18-20-22-24-25-26-27-29-31-33-35-37-39-41-43-45-52(55)61-50(49-60-62(56,57)59-47-46-53(3,4)5)48-58-51(54)44-42-40-38-36-34-32-30-28-23-21-19-17-15-13-11-9-7-2/h15,17,20-23,30,32,50H,6-14,16,18-19,24-29,31,33-49H2,1-5H3/p+1/b17-15+,22-20+,23-21+,32-30+/t50-/m1/s1. The molecule has 0 aliphatic heterocycles. The molecule has 0 heterocycles. The molecule has 0 saturated carbocycles. The fourth-order valence-corrected chi connectivity index (χ4v) is 7.58. The molecule has 0 spiro atoms. The van der Waals surface area contributed by atoms with Gasteiger partial charge in [-0.25, -0.2) is 4.57 Å². The van der Waals surface area contributed by atoms with Crippen LogP contribution in [0.15, 0.2) is 48.6 Å². The van der Waals surface area contributed by atoms with Crippen LogP contribution in [0.5, 0.6) is 0 Å². The van der Waals surface area contributed by atoms with Gasteiger partial charge >= 0.3 is 19.8 Å². The Hall–Kier alpha value is -2.03. The molecule has 62 heavy (non-hydrogen) atoms. The zero-order chi connectivity index (χ0) is 45.7. The van der Waals surface area contributed by atoms with Gasteiger partial charge in [-0.2, -0.15) is 0 Å². The number of likely N-dealkylation sites (N-methyl/N-ethyl adjacent to an activating group) is 1. The van der Waals surface area contributed by atoms with E-state index in [1.807, 2.05) is 21.1 Å². The molecule has 9 nitrogen and oxygen atoms in total. The Morgan fingerprint density at radius 2 is 0.871 bits per heavy atom. The van der Waals surface area contributed by atoms with Crippen molar-refractivity contribution >= 4 is 19.8 Å². The summed E-state index contributed by atoms with van der Waals surface area (Å²) in [5.41, 5.74) is 0. The lowest BCUT2D eigenvalue weighted by atomic mass is 10.0. The molecule has 0 aliphatic carbocycles. The highest BCUT2D eigenvalue weighted by Crippen LogP contribution is 2.43. The first kappa shape index (κ1) is 60.0. The van der Waals surface area contributed by atoms with Crippen LogP contribution in [0.4, 0.5) is 0 Å². The van der Waals surface area contributed by atoms with E-state index in [0.29, 0.717) is 23.9 Å². The molecule has 0 bridgehead atoms. The van der Waals surface area contributed by atoms with Gasteiger partial charge in [-0.3, -0.25) is 18.6 Å². The summed E-state index contributed by atoms with van der Waals surface area (Å²) in [5, 5.41) is 0. The minimum atomic E-state index is -4.39. The van der Waals surface area contributed by atoms with Gasteiger partial charge < -0.3 is 18.9 Å². The third-order valence-corrected chi connectivity index (χ3v) is 11.8. The van der Waals surface area contributed by atoms with Gasteiger partial charge in [0.25, 0.3) is 0 Å². The highest BCUT2D eigenvalue weighted by Gasteiger charge is 2.27. The highest BCUT2D eigenvalue weighted by molar-refractivity contribution is 7.47. The van der Waals surface area contributed by atoms with Crippen molar-refractivity contribution in [1.29, 1.82) is 0 Å². The summed E-state index contributed by atoms with van der Waals surface area (Å²) in [7, 11) is 1.46. The number of allylic oxidation sites excluding steroid dienone is 8. The lowest BCUT2D eigenvalue weighted by molar-refractivity contribution is -0.870. The Morgan fingerprint density at radius 1 is 0.500 bits per heavy atom. The lowest BCUT2D eigenvalue weighted by Gasteiger charge is -2.24. The van der Waals surface area contributed by atoms with Crippen LogP contribution >= 0.6 is 7.82 Å². The van der Waals surface area contributed by atoms with Gasteiger partial charge in [-0.05, 0) is 77.0 Å². The second-order valence-corrected chi connectivity index (χ2v) is 19.6. The van der Waals surface area contributed by atoms with E-state index >= 15 is 0 Å². The van der Waals surface area contributed by atoms with Crippen LogP contribution in [0.3, 0.4) is 0 Å². The van der Waals surface area contributed by atoms with Crippen LogP contribution in [0, 0.1) is 0 Å². The number of quaternary nitrogens is 1. The fraction of sp³-hybridized carbons (Fsp3) is 0.808. The number of hydrogen-bond acceptors (Lipinski definition) is 7. The van der Waals surface area contributed by atoms with E-state index in [1.165, 1.54) is 122 Å². The Labute approximate surface area is 382 Å². The quantitative estimate of drug-likeness (QED) is 0.0212. The van der Waals surface area contributed by atoms with E-state index in [2.05, 4.69) is 62.5 Å². The predicted octanol–water partition coefficient (Wildman–Crippen LogP) is 15.0. The summed E-state index contributed by atoms with van der Waals surface area (Å²) in [4.78, 5) is 35.5. The predicted molar refractivity (Wildman–Crippen MR) is 261 cm³/mol. The summed E-state index contributed by atoms with van der Waals surface area (Å²) in [6.45, 7) is 4.38. The molecule has 0 aromatic carbocycles. The number of unbranched alkanes of at least 4 members (excludes halogenated alkanes) is 24. The van der Waals surface area contributed by atoms with Gasteiger partial charge in [0.05, 0.1) is 27.7 Å². The SMILES string of the molecule is CCCCC/C=C/C/C=C/C/C=C/CCCCCCC(=O)OC[C@H](COP(=O)(O)OCC[N+](C)(C)C)OC(=O)CCCCCCCCCCCCC/C=C/CCCCCCCC. The molecule has 1 unspecified atom stereocenters. The van der Waals surface area contributed by atoms with E-state index in [9.17, 15) is 19.0 Å². The molecule has 362 valence electrons. The van der Waals surface area contributed by atoms with Crippen molar-refractivity contribution in [3.63, 3.8) is 0 Å². The van der Waals surface area contributed by atoms with E-state index in [1.54, 1.807) is 0 Å². The summed E-state index contributed by atoms with van der Waals surface area (Å²) in [6, 6.07) is 0. The van der Waals surface area contributed by atoms with Crippen molar-refractivity contribution in [3.05, 3.63) is 48.6 Å². The number of phosphoric acid groups is 1. The number of phosphoric ester groups is 1. The minimum absolute atomic E-state index is 0.0270. The van der Waals surface area contributed by atoms with Gasteiger partial charge in [-0.15, -0.1) is 0 Å². The molecule has 0 saturated heterocycles. The first-order chi connectivity index (χ1) is 30.0. The molecule has 0 radical (unpaired) electrons. The van der Waals surface area contributed by atoms with Gasteiger partial charge in [0.1, 0.15) is 19.8 Å². The molecule has 0 fully saturated rings. The second kappa shape index (κ2) is 44.2. The van der Waals surface area contributed by atoms with Crippen LogP contribution in [-0.4, -0.2) is 74.9 Å². The molecule has 2 atom stereocenters. The maximum Gasteiger partial charge on any atom is 0.472 e. The number of carbonyl (C=O) groups is 2. The van der Waals surface area contributed by atoms with Crippen molar-refractivity contribution in [2.24, 2.45) is 0 Å². The van der Waals surface area contributed by atoms with Crippen LogP contribution in [0.25, 0.3) is 0 Å². The Kier molecular flexibility index (Phi) is 42.7. The first-order valence-electron chi connectivity index (χ1n) is 25.4. The Morgan fingerprint density at radius 3 is 1.34 bits per heavy atom. The second-order valence-electron chi connectivity index (χ2n) is 18.2. The van der Waals surface area contributed by atoms with Crippen LogP contribution in [0.1, 0.15) is 219 Å². The normalized spacial score (nSPS) is 13.8. The maximum atomic E-state index is 12.8. The number of hydrogen-bond donors (Lipinski definition) is 1. The Balaban J connectivity index is 4.29. The number of carbonyl (C=O) groups excluding carboxylic acids is 2. The fourth-order valence-electron chi connectivity index (χ4n) is 6.84. The molecule has 0 amide bonds. The number of esters is 2. The molecular weight excluding hydrogens is 798 g/mol. The molecule has 0 aliphatic rings. The van der Waals surface area contributed by atoms with Gasteiger partial charge in [0.2, 0.25) is 0 Å². The Bertz CT molecular complexity index is 1190. The molecule has 0 rings (SSSR count).